The van der Waals surface area contributed by atoms with E-state index in [0.29, 0.717) is 0 Å². The predicted molar refractivity (Wildman–Crippen MR) is 154 cm³/mol. The summed E-state index contributed by atoms with van der Waals surface area (Å²) < 4.78 is 0. The topological polar surface area (TPSA) is 270 Å². The smallest absolute Gasteiger partial charge is 0.326 e. The summed E-state index contributed by atoms with van der Waals surface area (Å²) in [7, 11) is 0. The van der Waals surface area contributed by atoms with Crippen LogP contribution in [0.4, 0.5) is 0 Å². The Kier molecular flexibility index (Phi) is 17.2. The number of nitrogens with two attached hydrogens (primary N) is 1. The number of hydrogen-bond acceptors (Lipinski definition) is 11. The van der Waals surface area contributed by atoms with Crippen LogP contribution in [0.3, 0.4) is 0 Å². The van der Waals surface area contributed by atoms with Crippen molar-refractivity contribution in [1.29, 1.82) is 0 Å². The number of carboxylic acid groups (broad SMARTS) is 1. The number of carboxylic acids is 1. The average Bonchev–Trinajstić information content (AvgIpc) is 2.89. The molecular weight excluding hydrogens is 576 g/mol. The lowest BCUT2D eigenvalue weighted by atomic mass is 10.0. The molecule has 0 unspecified atom stereocenters. The van der Waals surface area contributed by atoms with Gasteiger partial charge in [-0.2, -0.15) is 12.6 Å². The van der Waals surface area contributed by atoms with Crippen molar-refractivity contribution in [2.75, 3.05) is 12.4 Å². The van der Waals surface area contributed by atoms with Crippen LogP contribution in [0.5, 0.6) is 0 Å². The Morgan fingerprint density at radius 1 is 0.667 bits per heavy atom. The predicted octanol–water partition coefficient (Wildman–Crippen LogP) is -3.79. The van der Waals surface area contributed by atoms with E-state index in [4.69, 9.17) is 10.8 Å². The minimum absolute atomic E-state index is 0.0899. The van der Waals surface area contributed by atoms with Crippen molar-refractivity contribution in [3.63, 3.8) is 0 Å². The van der Waals surface area contributed by atoms with Gasteiger partial charge in [0.1, 0.15) is 36.3 Å². The first-order valence-corrected chi connectivity index (χ1v) is 14.1. The van der Waals surface area contributed by atoms with Gasteiger partial charge in [0.15, 0.2) is 0 Å². The van der Waals surface area contributed by atoms with E-state index < -0.39 is 96.5 Å². The van der Waals surface area contributed by atoms with Crippen LogP contribution in [-0.2, 0) is 28.8 Å². The maximum absolute atomic E-state index is 13.0. The molecule has 16 nitrogen and oxygen atoms in total. The van der Waals surface area contributed by atoms with E-state index in [9.17, 15) is 44.1 Å². The largest absolute Gasteiger partial charge is 0.480 e. The van der Waals surface area contributed by atoms with E-state index in [1.165, 1.54) is 13.8 Å². The maximum Gasteiger partial charge on any atom is 0.326 e. The van der Waals surface area contributed by atoms with Crippen molar-refractivity contribution < 1.29 is 49.2 Å². The lowest BCUT2D eigenvalue weighted by molar-refractivity contribution is -0.144. The number of carbonyl (C=O) groups is 6. The molecule has 242 valence electrons. The monoisotopic (exact) mass is 622 g/mol. The van der Waals surface area contributed by atoms with Gasteiger partial charge in [-0.1, -0.05) is 27.7 Å². The van der Waals surface area contributed by atoms with Crippen LogP contribution in [0.25, 0.3) is 0 Å². The minimum Gasteiger partial charge on any atom is -0.480 e. The quantitative estimate of drug-likeness (QED) is 0.0660. The number of thiol groups is 1. The number of carbonyl (C=O) groups excluding carboxylic acids is 5. The highest BCUT2D eigenvalue weighted by Crippen LogP contribution is 2.08. The Hall–Kier alpha value is -2.99. The number of rotatable bonds is 18. The molecule has 0 saturated carbocycles. The van der Waals surface area contributed by atoms with Crippen LogP contribution in [0.15, 0.2) is 0 Å². The van der Waals surface area contributed by atoms with Crippen LogP contribution < -0.4 is 32.3 Å². The first kappa shape index (κ1) is 39.0. The van der Waals surface area contributed by atoms with Crippen LogP contribution in [0.1, 0.15) is 48.0 Å². The summed E-state index contributed by atoms with van der Waals surface area (Å²) in [5, 5.41) is 50.3. The highest BCUT2D eigenvalue weighted by atomic mass is 32.1. The summed E-state index contributed by atoms with van der Waals surface area (Å²) in [5.41, 5.74) is 5.50. The molecule has 0 heterocycles. The Morgan fingerprint density at radius 2 is 1.07 bits per heavy atom. The van der Waals surface area contributed by atoms with Gasteiger partial charge in [-0.15, -0.1) is 0 Å². The zero-order chi connectivity index (χ0) is 32.9. The lowest BCUT2D eigenvalue weighted by Gasteiger charge is -2.28. The van der Waals surface area contributed by atoms with Gasteiger partial charge >= 0.3 is 5.97 Å². The zero-order valence-corrected chi connectivity index (χ0v) is 25.6. The summed E-state index contributed by atoms with van der Waals surface area (Å²) in [5.74, 6) is -6.79. The number of aliphatic hydroxyl groups excluding tert-OH is 3. The van der Waals surface area contributed by atoms with Crippen LogP contribution in [0.2, 0.25) is 0 Å². The molecule has 0 aliphatic heterocycles. The van der Waals surface area contributed by atoms with Gasteiger partial charge in [0.05, 0.1) is 18.8 Å². The molecule has 0 bridgehead atoms. The van der Waals surface area contributed by atoms with Gasteiger partial charge in [-0.25, -0.2) is 4.79 Å². The summed E-state index contributed by atoms with van der Waals surface area (Å²) >= 11 is 4.05. The molecule has 5 amide bonds. The van der Waals surface area contributed by atoms with Crippen molar-refractivity contribution >= 4 is 48.1 Å². The molecule has 8 atom stereocenters. The molecule has 17 heteroatoms. The normalized spacial score (nSPS) is 17.1. The summed E-state index contributed by atoms with van der Waals surface area (Å²) in [6.07, 6.45) is -2.79. The van der Waals surface area contributed by atoms with Crippen molar-refractivity contribution in [2.24, 2.45) is 17.6 Å². The number of aliphatic carboxylic acids is 1. The van der Waals surface area contributed by atoms with E-state index in [1.807, 2.05) is 0 Å². The highest BCUT2D eigenvalue weighted by molar-refractivity contribution is 7.80. The van der Waals surface area contributed by atoms with Gasteiger partial charge in [0, 0.05) is 5.75 Å². The fraction of sp³-hybridized carbons (Fsp3) is 0.760. The molecule has 0 aromatic carbocycles. The number of amides is 5. The van der Waals surface area contributed by atoms with Crippen molar-refractivity contribution in [2.45, 2.75) is 96.4 Å². The Bertz CT molecular complexity index is 949. The van der Waals surface area contributed by atoms with E-state index in [0.717, 1.165) is 0 Å². The average molecular weight is 623 g/mol. The molecule has 0 aromatic rings. The summed E-state index contributed by atoms with van der Waals surface area (Å²) in [6, 6.07) is -8.35. The molecule has 0 saturated heterocycles. The van der Waals surface area contributed by atoms with Crippen LogP contribution in [-0.4, -0.2) is 117 Å². The van der Waals surface area contributed by atoms with Gasteiger partial charge in [-0.3, -0.25) is 24.0 Å². The number of hydrogen-bond donors (Lipinski definition) is 11. The lowest BCUT2D eigenvalue weighted by Crippen LogP contribution is -2.62. The van der Waals surface area contributed by atoms with Gasteiger partial charge in [0.25, 0.3) is 0 Å². The minimum atomic E-state index is -1.59. The first-order chi connectivity index (χ1) is 19.4. The van der Waals surface area contributed by atoms with E-state index >= 15 is 0 Å². The molecule has 42 heavy (non-hydrogen) atoms. The van der Waals surface area contributed by atoms with Crippen molar-refractivity contribution in [3.05, 3.63) is 0 Å². The van der Waals surface area contributed by atoms with Crippen molar-refractivity contribution in [3.8, 4) is 0 Å². The number of aliphatic hydroxyl groups is 3. The molecule has 0 aromatic heterocycles. The first-order valence-electron chi connectivity index (χ1n) is 13.5. The molecule has 0 aliphatic rings. The maximum atomic E-state index is 13.0. The molecule has 0 radical (unpaired) electrons. The third kappa shape index (κ3) is 12.9. The third-order valence-corrected chi connectivity index (χ3v) is 6.41. The molecule has 0 aliphatic carbocycles. The van der Waals surface area contributed by atoms with Gasteiger partial charge in [0.2, 0.25) is 29.5 Å². The van der Waals surface area contributed by atoms with Gasteiger partial charge < -0.3 is 52.7 Å². The second kappa shape index (κ2) is 18.5. The molecule has 0 fully saturated rings. The number of nitrogens with one attached hydrogen (secondary N) is 5. The van der Waals surface area contributed by atoms with Crippen LogP contribution in [0, 0.1) is 11.8 Å². The second-order valence-corrected chi connectivity index (χ2v) is 11.1. The Morgan fingerprint density at radius 3 is 1.43 bits per heavy atom. The van der Waals surface area contributed by atoms with E-state index in [2.05, 4.69) is 39.2 Å². The summed E-state index contributed by atoms with van der Waals surface area (Å²) in [6.45, 7) is 8.41. The molecule has 11 N–H and O–H groups in total. The third-order valence-electron chi connectivity index (χ3n) is 6.04. The standard InChI is InChI=1S/C25H46N6O10S/c1-10(2)7-15(27-20(35)14(26)8-32)21(36)30-18(12(5)33)23(38)28-16(9-42)22(37)31-19(13(6)34)24(39)29-17(11(3)4)25(40)41/h10-19,32-34,42H,7-9,26H2,1-6H3,(H,27,35)(H,28,38)(H,29,39)(H,30,36)(H,31,37)(H,40,41)/t12-,13-,14+,15+,16+,17+,18+,19+/m1/s1. The molecular formula is C25H46N6O10S. The Balaban J connectivity index is 5.70. The Labute approximate surface area is 250 Å². The SMILES string of the molecule is CC(C)C[C@H](NC(=O)[C@@H](N)CO)C(=O)N[C@H](C(=O)N[C@@H](CS)C(=O)N[C@H](C(=O)N[C@H](C(=O)O)C(C)C)[C@@H](C)O)[C@@H](C)O. The van der Waals surface area contributed by atoms with E-state index in [1.54, 1.807) is 27.7 Å². The summed E-state index contributed by atoms with van der Waals surface area (Å²) in [4.78, 5) is 75.2. The second-order valence-electron chi connectivity index (χ2n) is 10.7. The zero-order valence-electron chi connectivity index (χ0n) is 24.7. The highest BCUT2D eigenvalue weighted by Gasteiger charge is 2.35. The van der Waals surface area contributed by atoms with E-state index in [-0.39, 0.29) is 18.1 Å². The molecule has 0 spiro atoms. The fourth-order valence-electron chi connectivity index (χ4n) is 3.59. The van der Waals surface area contributed by atoms with Crippen LogP contribution >= 0.6 is 12.6 Å². The van der Waals surface area contributed by atoms with Gasteiger partial charge in [-0.05, 0) is 32.1 Å². The fourth-order valence-corrected chi connectivity index (χ4v) is 3.85. The molecule has 0 rings (SSSR count). The van der Waals surface area contributed by atoms with Crippen molar-refractivity contribution in [1.82, 2.24) is 26.6 Å².